The molecule has 86 valence electrons. The Bertz CT molecular complexity index is 227. The van der Waals surface area contributed by atoms with Gasteiger partial charge < -0.3 is 0 Å². The molecule has 0 bridgehead atoms. The summed E-state index contributed by atoms with van der Waals surface area (Å²) in [5, 5.41) is 0. The van der Waals surface area contributed by atoms with Gasteiger partial charge in [-0.3, -0.25) is 4.79 Å². The molecule has 1 nitrogen and oxygen atoms in total. The highest BCUT2D eigenvalue weighted by atomic mass is 32.1. The van der Waals surface area contributed by atoms with Crippen LogP contribution >= 0.6 is 12.2 Å². The average Bonchev–Trinajstić information content (AvgIpc) is 2.53. The van der Waals surface area contributed by atoms with Crippen LogP contribution in [0.1, 0.15) is 58.8 Å². The Morgan fingerprint density at radius 3 is 2.47 bits per heavy atom. The van der Waals surface area contributed by atoms with Crippen LogP contribution in [-0.4, -0.2) is 10.6 Å². The molecule has 0 aromatic heterocycles. The van der Waals surface area contributed by atoms with Gasteiger partial charge in [0, 0.05) is 17.7 Å². The van der Waals surface area contributed by atoms with E-state index in [1.807, 2.05) is 0 Å². The minimum atomic E-state index is 0.368. The minimum absolute atomic E-state index is 0.368. The largest absolute Gasteiger partial charge is 0.299 e. The third-order valence-electron chi connectivity index (χ3n) is 3.02. The number of carbonyl (C=O) groups is 1. The molecule has 15 heavy (non-hydrogen) atoms. The Morgan fingerprint density at radius 2 is 1.93 bits per heavy atom. The summed E-state index contributed by atoms with van der Waals surface area (Å²) in [6.45, 7) is 4.29. The molecule has 0 heterocycles. The van der Waals surface area contributed by atoms with Gasteiger partial charge in [0.15, 0.2) is 0 Å². The topological polar surface area (TPSA) is 17.1 Å². The molecular weight excluding hydrogens is 204 g/mol. The van der Waals surface area contributed by atoms with Crippen LogP contribution in [0.25, 0.3) is 0 Å². The van der Waals surface area contributed by atoms with Crippen LogP contribution in [0.15, 0.2) is 0 Å². The molecule has 0 aromatic carbocycles. The number of hydrogen-bond donors (Lipinski definition) is 0. The molecular formula is C13H22OS. The van der Waals surface area contributed by atoms with Crippen molar-refractivity contribution >= 4 is 22.9 Å². The van der Waals surface area contributed by atoms with Gasteiger partial charge in [-0.05, 0) is 18.3 Å². The molecule has 1 saturated carbocycles. The fraction of sp³-hybridized carbons (Fsp3) is 0.846. The summed E-state index contributed by atoms with van der Waals surface area (Å²) in [4.78, 5) is 12.7. The fourth-order valence-corrected chi connectivity index (χ4v) is 2.85. The summed E-state index contributed by atoms with van der Waals surface area (Å²) >= 11 is 5.23. The van der Waals surface area contributed by atoms with E-state index in [0.29, 0.717) is 24.0 Å². The van der Waals surface area contributed by atoms with Crippen LogP contribution in [-0.2, 0) is 4.79 Å². The van der Waals surface area contributed by atoms with Gasteiger partial charge in [0.25, 0.3) is 0 Å². The van der Waals surface area contributed by atoms with Crippen molar-refractivity contribution in [3.05, 3.63) is 0 Å². The van der Waals surface area contributed by atoms with Gasteiger partial charge >= 0.3 is 0 Å². The molecule has 1 aliphatic rings. The zero-order valence-corrected chi connectivity index (χ0v) is 10.7. The minimum Gasteiger partial charge on any atom is -0.299 e. The first-order chi connectivity index (χ1) is 7.08. The second-order valence-electron chi connectivity index (χ2n) is 5.21. The first kappa shape index (κ1) is 12.8. The molecule has 0 aliphatic heterocycles. The quantitative estimate of drug-likeness (QED) is 0.638. The second-order valence-corrected chi connectivity index (χ2v) is 5.78. The monoisotopic (exact) mass is 226 g/mol. The molecule has 0 unspecified atom stereocenters. The third-order valence-corrected chi connectivity index (χ3v) is 3.33. The average molecular weight is 226 g/mol. The van der Waals surface area contributed by atoms with Crippen LogP contribution in [0.4, 0.5) is 0 Å². The lowest BCUT2D eigenvalue weighted by Crippen LogP contribution is -2.11. The molecule has 0 spiro atoms. The summed E-state index contributed by atoms with van der Waals surface area (Å²) in [5.74, 6) is 1.61. The highest BCUT2D eigenvalue weighted by molar-refractivity contribution is 7.80. The lowest BCUT2D eigenvalue weighted by Gasteiger charge is -2.09. The van der Waals surface area contributed by atoms with Crippen molar-refractivity contribution in [1.29, 1.82) is 0 Å². The Balaban J connectivity index is 2.19. The molecule has 0 atom stereocenters. The number of thiocarbonyl (C=S) groups is 1. The zero-order valence-electron chi connectivity index (χ0n) is 9.92. The van der Waals surface area contributed by atoms with E-state index < -0.39 is 0 Å². The number of hydrogen-bond acceptors (Lipinski definition) is 2. The predicted octanol–water partition coefficient (Wildman–Crippen LogP) is 3.94. The van der Waals surface area contributed by atoms with Crippen molar-refractivity contribution in [2.45, 2.75) is 58.8 Å². The van der Waals surface area contributed by atoms with Gasteiger partial charge in [0.1, 0.15) is 5.78 Å². The number of carbonyl (C=O) groups excluding carboxylic acids is 1. The molecule has 1 rings (SSSR count). The van der Waals surface area contributed by atoms with Gasteiger partial charge in [0.05, 0.1) is 0 Å². The summed E-state index contributed by atoms with van der Waals surface area (Å²) in [6.07, 6.45) is 7.38. The molecule has 0 saturated heterocycles. The van der Waals surface area contributed by atoms with Crippen molar-refractivity contribution in [1.82, 2.24) is 0 Å². The third kappa shape index (κ3) is 5.41. The number of ketones is 1. The molecule has 0 aromatic rings. The Hall–Kier alpha value is -0.240. The molecule has 0 amide bonds. The van der Waals surface area contributed by atoms with Crippen molar-refractivity contribution in [2.24, 2.45) is 11.8 Å². The number of Topliss-reactive ketones (excluding diaryl/α,β-unsaturated/α-hetero) is 1. The van der Waals surface area contributed by atoms with Gasteiger partial charge in [-0.1, -0.05) is 51.7 Å². The lowest BCUT2D eigenvalue weighted by atomic mass is 9.97. The van der Waals surface area contributed by atoms with Crippen LogP contribution in [0.3, 0.4) is 0 Å². The van der Waals surface area contributed by atoms with Crippen LogP contribution in [0.5, 0.6) is 0 Å². The van der Waals surface area contributed by atoms with E-state index in [1.54, 1.807) is 0 Å². The van der Waals surface area contributed by atoms with E-state index in [4.69, 9.17) is 12.2 Å². The van der Waals surface area contributed by atoms with Gasteiger partial charge in [-0.15, -0.1) is 0 Å². The van der Waals surface area contributed by atoms with E-state index >= 15 is 0 Å². The van der Waals surface area contributed by atoms with E-state index in [0.717, 1.165) is 17.7 Å². The first-order valence-electron chi connectivity index (χ1n) is 6.11. The summed E-state index contributed by atoms with van der Waals surface area (Å²) < 4.78 is 0. The molecule has 1 aliphatic carbocycles. The lowest BCUT2D eigenvalue weighted by molar-refractivity contribution is -0.118. The predicted molar refractivity (Wildman–Crippen MR) is 68.3 cm³/mol. The highest BCUT2D eigenvalue weighted by Crippen LogP contribution is 2.28. The maximum atomic E-state index is 11.7. The summed E-state index contributed by atoms with van der Waals surface area (Å²) in [6, 6.07) is 0. The smallest absolute Gasteiger partial charge is 0.138 e. The van der Waals surface area contributed by atoms with E-state index in [2.05, 4.69) is 13.8 Å². The molecule has 0 radical (unpaired) electrons. The van der Waals surface area contributed by atoms with E-state index in [9.17, 15) is 4.79 Å². The van der Waals surface area contributed by atoms with Crippen molar-refractivity contribution in [2.75, 3.05) is 0 Å². The molecule has 2 heteroatoms. The zero-order chi connectivity index (χ0) is 11.3. The van der Waals surface area contributed by atoms with Crippen molar-refractivity contribution in [3.8, 4) is 0 Å². The SMILES string of the molecule is CC(C)CC(=S)CC(=O)CC1CCCC1. The summed E-state index contributed by atoms with van der Waals surface area (Å²) in [7, 11) is 0. The van der Waals surface area contributed by atoms with Crippen molar-refractivity contribution < 1.29 is 4.79 Å². The molecule has 0 N–H and O–H groups in total. The number of rotatable bonds is 6. The van der Waals surface area contributed by atoms with Gasteiger partial charge in [-0.25, -0.2) is 0 Å². The van der Waals surface area contributed by atoms with Crippen molar-refractivity contribution in [3.63, 3.8) is 0 Å². The first-order valence-corrected chi connectivity index (χ1v) is 6.52. The van der Waals surface area contributed by atoms with Crippen LogP contribution < -0.4 is 0 Å². The van der Waals surface area contributed by atoms with Crippen LogP contribution in [0.2, 0.25) is 0 Å². The highest BCUT2D eigenvalue weighted by Gasteiger charge is 2.19. The van der Waals surface area contributed by atoms with Crippen LogP contribution in [0, 0.1) is 11.8 Å². The Morgan fingerprint density at radius 1 is 1.33 bits per heavy atom. The van der Waals surface area contributed by atoms with E-state index in [-0.39, 0.29) is 0 Å². The maximum Gasteiger partial charge on any atom is 0.138 e. The molecule has 1 fully saturated rings. The van der Waals surface area contributed by atoms with Gasteiger partial charge in [-0.2, -0.15) is 0 Å². The Kier molecular flexibility index (Phi) is 5.44. The Labute approximate surface area is 98.6 Å². The maximum absolute atomic E-state index is 11.7. The second kappa shape index (κ2) is 6.37. The fourth-order valence-electron chi connectivity index (χ4n) is 2.36. The standard InChI is InChI=1S/C13H22OS/c1-10(2)7-13(15)9-12(14)8-11-5-3-4-6-11/h10-11H,3-9H2,1-2H3. The van der Waals surface area contributed by atoms with Gasteiger partial charge in [0.2, 0.25) is 0 Å². The summed E-state index contributed by atoms with van der Waals surface area (Å²) in [5.41, 5.74) is 0. The normalized spacial score (nSPS) is 17.3. The van der Waals surface area contributed by atoms with E-state index in [1.165, 1.54) is 25.7 Å².